The average Bonchev–Trinajstić information content (AvgIpc) is 2.68. The largest absolute Gasteiger partial charge is 0.423 e. The summed E-state index contributed by atoms with van der Waals surface area (Å²) in [6.45, 7) is -1.28. The third-order valence-corrected chi connectivity index (χ3v) is 3.51. The van der Waals surface area contributed by atoms with E-state index in [2.05, 4.69) is 0 Å². The molecule has 0 bridgehead atoms. The third kappa shape index (κ3) is 4.43. The zero-order valence-electron chi connectivity index (χ0n) is 10.6. The minimum atomic E-state index is -5.10. The number of nitrogens with zero attached hydrogens (tertiary/aromatic N) is 1. The summed E-state index contributed by atoms with van der Waals surface area (Å²) >= 11 is 0. The molecular formula is C8H16N3O9P. The summed E-state index contributed by atoms with van der Waals surface area (Å²) in [5.74, 6) is -0.997. The maximum absolute atomic E-state index is 11.4. The fourth-order valence-electron chi connectivity index (χ4n) is 1.66. The van der Waals surface area contributed by atoms with Crippen LogP contribution < -0.4 is 10.7 Å². The highest BCUT2D eigenvalue weighted by Crippen LogP contribution is 2.43. The smallest absolute Gasteiger partial charge is 0.394 e. The number of hydrogen-bond acceptors (Lipinski definition) is 7. The molecule has 12 nitrogen and oxygen atoms in total. The molecule has 1 fully saturated rings. The van der Waals surface area contributed by atoms with Gasteiger partial charge in [-0.25, -0.2) is 4.57 Å². The number of carbonyl (C=O) groups is 2. The Morgan fingerprint density at radius 2 is 1.95 bits per heavy atom. The first-order valence-electron chi connectivity index (χ1n) is 5.66. The molecule has 122 valence electrons. The average molecular weight is 329 g/mol. The summed E-state index contributed by atoms with van der Waals surface area (Å²) in [5.41, 5.74) is 1.76. The second-order valence-electron chi connectivity index (χ2n) is 4.12. The van der Waals surface area contributed by atoms with Crippen LogP contribution in [0.25, 0.3) is 0 Å². The van der Waals surface area contributed by atoms with Crippen LogP contribution >= 0.6 is 7.75 Å². The first-order valence-corrected chi connectivity index (χ1v) is 7.23. The Labute approximate surface area is 118 Å². The molecule has 1 rings (SSSR count). The first kappa shape index (κ1) is 17.9. The van der Waals surface area contributed by atoms with Gasteiger partial charge in [-0.2, -0.15) is 0 Å². The number of nitrogens with one attached hydrogen (secondary N) is 2. The topological polar surface area (TPSA) is 189 Å². The van der Waals surface area contributed by atoms with Crippen LogP contribution in [-0.4, -0.2) is 79.9 Å². The van der Waals surface area contributed by atoms with Crippen molar-refractivity contribution in [1.82, 2.24) is 15.5 Å². The van der Waals surface area contributed by atoms with E-state index in [1.54, 1.807) is 5.43 Å². The van der Waals surface area contributed by atoms with E-state index < -0.39 is 51.3 Å². The highest BCUT2D eigenvalue weighted by Gasteiger charge is 2.50. The van der Waals surface area contributed by atoms with Crippen molar-refractivity contribution in [1.29, 1.82) is 0 Å². The van der Waals surface area contributed by atoms with Gasteiger partial charge >= 0.3 is 7.75 Å². The van der Waals surface area contributed by atoms with Gasteiger partial charge in [0, 0.05) is 0 Å². The lowest BCUT2D eigenvalue weighted by Crippen LogP contribution is -2.52. The van der Waals surface area contributed by atoms with Gasteiger partial charge in [-0.05, 0) is 0 Å². The highest BCUT2D eigenvalue weighted by atomic mass is 31.2. The molecule has 0 spiro atoms. The Morgan fingerprint density at radius 3 is 2.38 bits per heavy atom. The molecule has 0 aromatic heterocycles. The van der Waals surface area contributed by atoms with E-state index in [1.165, 1.54) is 0 Å². The monoisotopic (exact) mass is 329 g/mol. The van der Waals surface area contributed by atoms with Gasteiger partial charge in [0.1, 0.15) is 18.3 Å². The van der Waals surface area contributed by atoms with Crippen molar-refractivity contribution in [3.63, 3.8) is 0 Å². The Kier molecular flexibility index (Phi) is 6.19. The van der Waals surface area contributed by atoms with Gasteiger partial charge in [0.05, 0.1) is 13.2 Å². The Morgan fingerprint density at radius 1 is 1.33 bits per heavy atom. The zero-order chi connectivity index (χ0) is 16.2. The quantitative estimate of drug-likeness (QED) is 0.136. The Balaban J connectivity index is 2.86. The second kappa shape index (κ2) is 7.24. The maximum Gasteiger partial charge on any atom is 0.423 e. The molecule has 0 aliphatic carbocycles. The molecule has 1 heterocycles. The van der Waals surface area contributed by atoms with Crippen molar-refractivity contribution in [2.75, 3.05) is 13.2 Å². The van der Waals surface area contributed by atoms with Crippen LogP contribution in [0.5, 0.6) is 0 Å². The zero-order valence-corrected chi connectivity index (χ0v) is 11.5. The fourth-order valence-corrected chi connectivity index (χ4v) is 2.39. The van der Waals surface area contributed by atoms with Crippen molar-refractivity contribution in [2.45, 2.75) is 24.5 Å². The van der Waals surface area contributed by atoms with Crippen LogP contribution in [0.3, 0.4) is 0 Å². The van der Waals surface area contributed by atoms with Crippen molar-refractivity contribution in [2.24, 2.45) is 0 Å². The molecule has 2 amide bonds. The minimum Gasteiger partial charge on any atom is -0.394 e. The van der Waals surface area contributed by atoms with E-state index >= 15 is 0 Å². The van der Waals surface area contributed by atoms with Crippen molar-refractivity contribution >= 4 is 20.1 Å². The molecule has 4 atom stereocenters. The van der Waals surface area contributed by atoms with Crippen LogP contribution in [-0.2, 0) is 18.9 Å². The van der Waals surface area contributed by atoms with Crippen molar-refractivity contribution in [3.8, 4) is 0 Å². The summed E-state index contributed by atoms with van der Waals surface area (Å²) in [7, 11) is -5.10. The Bertz CT molecular complexity index is 429. The summed E-state index contributed by atoms with van der Waals surface area (Å²) in [6.07, 6.45) is -6.23. The van der Waals surface area contributed by atoms with Gasteiger partial charge in [0.15, 0.2) is 6.23 Å². The molecule has 0 saturated carbocycles. The number of rotatable bonds is 7. The summed E-state index contributed by atoms with van der Waals surface area (Å²) in [5, 5.41) is 30.1. The molecule has 0 aromatic carbocycles. The normalized spacial score (nSPS) is 29.4. The van der Waals surface area contributed by atoms with E-state index in [0.717, 1.165) is 0 Å². The predicted octanol–water partition coefficient (Wildman–Crippen LogP) is -4.40. The number of amides is 2. The van der Waals surface area contributed by atoms with Crippen molar-refractivity contribution < 1.29 is 44.0 Å². The van der Waals surface area contributed by atoms with Crippen LogP contribution in [0.1, 0.15) is 0 Å². The summed E-state index contributed by atoms with van der Waals surface area (Å²) < 4.78 is 16.3. The van der Waals surface area contributed by atoms with Crippen molar-refractivity contribution in [3.05, 3.63) is 0 Å². The summed E-state index contributed by atoms with van der Waals surface area (Å²) in [4.78, 5) is 39.8. The molecule has 21 heavy (non-hydrogen) atoms. The summed E-state index contributed by atoms with van der Waals surface area (Å²) in [6, 6.07) is 0. The molecule has 13 heteroatoms. The van der Waals surface area contributed by atoms with Gasteiger partial charge < -0.3 is 35.2 Å². The van der Waals surface area contributed by atoms with Gasteiger partial charge in [-0.15, -0.1) is 0 Å². The standard InChI is InChI=1S/C8H16N3O9P/c12-2-4-6(15)7(16)8(20-4)11(21(17,18)19)10-5(14)1-9-3-13/h3-4,6-8,12,15-16H,1-2H2,(H,9,13)(H,10,14)(H2,17,18,19)/t4-,6-,7-,8?/m1/s1. The van der Waals surface area contributed by atoms with E-state index in [0.29, 0.717) is 0 Å². The van der Waals surface area contributed by atoms with Crippen LogP contribution in [0.15, 0.2) is 0 Å². The van der Waals surface area contributed by atoms with Crippen LogP contribution in [0.2, 0.25) is 0 Å². The Hall–Kier alpha value is -1.11. The van der Waals surface area contributed by atoms with E-state index in [9.17, 15) is 34.2 Å². The number of aliphatic hydroxyl groups is 3. The number of aliphatic hydroxyl groups excluding tert-OH is 3. The third-order valence-electron chi connectivity index (χ3n) is 2.62. The number of ether oxygens (including phenoxy) is 1. The van der Waals surface area contributed by atoms with E-state index in [4.69, 9.17) is 9.84 Å². The highest BCUT2D eigenvalue weighted by molar-refractivity contribution is 7.49. The molecule has 1 unspecified atom stereocenters. The molecule has 1 saturated heterocycles. The second-order valence-corrected chi connectivity index (χ2v) is 5.58. The molecule has 1 aliphatic heterocycles. The van der Waals surface area contributed by atoms with Gasteiger partial charge in [0.25, 0.3) is 5.91 Å². The minimum absolute atomic E-state index is 0.0192. The molecule has 0 radical (unpaired) electrons. The fraction of sp³-hybridized carbons (Fsp3) is 0.750. The molecule has 0 aromatic rings. The molecule has 7 N–H and O–H groups in total. The number of hydrazine groups is 1. The lowest BCUT2D eigenvalue weighted by molar-refractivity contribution is -0.134. The lowest BCUT2D eigenvalue weighted by atomic mass is 10.1. The molecular weight excluding hydrogens is 313 g/mol. The first-order chi connectivity index (χ1) is 9.72. The number of carbonyl (C=O) groups excluding carboxylic acids is 2. The maximum atomic E-state index is 11.4. The van der Waals surface area contributed by atoms with Crippen LogP contribution in [0, 0.1) is 0 Å². The van der Waals surface area contributed by atoms with Gasteiger partial charge in [0.2, 0.25) is 6.41 Å². The van der Waals surface area contributed by atoms with Gasteiger partial charge in [-0.1, -0.05) is 4.78 Å². The van der Waals surface area contributed by atoms with Crippen LogP contribution in [0.4, 0.5) is 0 Å². The molecule has 1 aliphatic rings. The number of hydrogen-bond donors (Lipinski definition) is 7. The van der Waals surface area contributed by atoms with Gasteiger partial charge in [-0.3, -0.25) is 15.0 Å². The van der Waals surface area contributed by atoms with E-state index in [-0.39, 0.29) is 11.2 Å². The lowest BCUT2D eigenvalue weighted by Gasteiger charge is -2.30. The SMILES string of the molecule is O=CNCC(=O)NN(C1O[C@H](CO)[C@@H](O)[C@H]1O)P(=O)(O)O. The van der Waals surface area contributed by atoms with E-state index in [1.807, 2.05) is 5.32 Å². The predicted molar refractivity (Wildman–Crippen MR) is 63.9 cm³/mol.